The molecule has 0 N–H and O–H groups in total. The van der Waals surface area contributed by atoms with E-state index in [4.69, 9.17) is 9.47 Å². The number of hydrogen-bond donors (Lipinski definition) is 0. The number of ether oxygens (including phenoxy) is 2. The fraction of sp³-hybridized carbons (Fsp3) is 0.0870. The third-order valence-corrected chi connectivity index (χ3v) is 4.49. The predicted molar refractivity (Wildman–Crippen MR) is 104 cm³/mol. The summed E-state index contributed by atoms with van der Waals surface area (Å²) < 4.78 is 11.2. The first-order chi connectivity index (χ1) is 13.5. The molecule has 5 heteroatoms. The molecule has 1 aliphatic rings. The molecule has 0 saturated carbocycles. The molecule has 5 nitrogen and oxygen atoms in total. The van der Waals surface area contributed by atoms with Crippen LogP contribution in [0.1, 0.15) is 37.5 Å². The fourth-order valence-corrected chi connectivity index (χ4v) is 3.10. The zero-order chi connectivity index (χ0) is 19.7. The van der Waals surface area contributed by atoms with Gasteiger partial charge in [0.05, 0.1) is 16.8 Å². The van der Waals surface area contributed by atoms with Gasteiger partial charge in [-0.2, -0.15) is 0 Å². The van der Waals surface area contributed by atoms with E-state index in [9.17, 15) is 9.59 Å². The van der Waals surface area contributed by atoms with Crippen molar-refractivity contribution in [2.24, 2.45) is 0 Å². The number of allylic oxidation sites excluding steroid dienone is 1. The summed E-state index contributed by atoms with van der Waals surface area (Å²) in [6.07, 6.45) is 3.24. The Kier molecular flexibility index (Phi) is 4.49. The van der Waals surface area contributed by atoms with Crippen LogP contribution in [-0.4, -0.2) is 16.7 Å². The highest BCUT2D eigenvalue weighted by atomic mass is 16.5. The molecular weight excluding hydrogens is 354 g/mol. The Labute approximate surface area is 162 Å². The lowest BCUT2D eigenvalue weighted by Gasteiger charge is -2.09. The molecule has 1 aliphatic heterocycles. The number of nitrogens with zero attached hydrogens (tertiary/aromatic N) is 1. The molecule has 2 aromatic carbocycles. The standard InChI is InChI=1S/C23H17NO4/c1-14-7-3-4-9-18(14)23(26)27-17-11-15(2)21-19(13-17)28-20(22(21)25)12-16-8-5-6-10-24-16/h3-13H,1-2H3/b20-12-. The number of rotatable bonds is 3. The number of esters is 1. The molecule has 0 unspecified atom stereocenters. The first kappa shape index (κ1) is 17.7. The summed E-state index contributed by atoms with van der Waals surface area (Å²) in [4.78, 5) is 29.3. The predicted octanol–water partition coefficient (Wildman–Crippen LogP) is 4.53. The third-order valence-electron chi connectivity index (χ3n) is 4.49. The smallest absolute Gasteiger partial charge is 0.343 e. The van der Waals surface area contributed by atoms with Crippen LogP contribution in [0.15, 0.2) is 66.6 Å². The Hall–Kier alpha value is -3.73. The van der Waals surface area contributed by atoms with Gasteiger partial charge in [-0.3, -0.25) is 9.78 Å². The van der Waals surface area contributed by atoms with E-state index >= 15 is 0 Å². The number of carbonyl (C=O) groups excluding carboxylic acids is 2. The van der Waals surface area contributed by atoms with Gasteiger partial charge in [0.25, 0.3) is 0 Å². The highest BCUT2D eigenvalue weighted by molar-refractivity contribution is 6.15. The molecule has 4 rings (SSSR count). The van der Waals surface area contributed by atoms with Crippen molar-refractivity contribution in [2.45, 2.75) is 13.8 Å². The first-order valence-corrected chi connectivity index (χ1v) is 8.80. The summed E-state index contributed by atoms with van der Waals surface area (Å²) in [6.45, 7) is 3.63. The lowest BCUT2D eigenvalue weighted by Crippen LogP contribution is -2.10. The lowest BCUT2D eigenvalue weighted by molar-refractivity contribution is 0.0733. The highest BCUT2D eigenvalue weighted by Gasteiger charge is 2.30. The molecule has 1 aromatic heterocycles. The molecule has 28 heavy (non-hydrogen) atoms. The number of aromatic nitrogens is 1. The number of aryl methyl sites for hydroxylation is 2. The number of hydrogen-bond acceptors (Lipinski definition) is 5. The van der Waals surface area contributed by atoms with Gasteiger partial charge < -0.3 is 9.47 Å². The van der Waals surface area contributed by atoms with E-state index in [1.165, 1.54) is 0 Å². The van der Waals surface area contributed by atoms with Gasteiger partial charge in [-0.15, -0.1) is 0 Å². The molecule has 3 aromatic rings. The van der Waals surface area contributed by atoms with Gasteiger partial charge in [0.2, 0.25) is 5.78 Å². The van der Waals surface area contributed by atoms with Crippen molar-refractivity contribution < 1.29 is 19.1 Å². The number of fused-ring (bicyclic) bond motifs is 1. The third kappa shape index (κ3) is 3.30. The van der Waals surface area contributed by atoms with Crippen LogP contribution in [0.5, 0.6) is 11.5 Å². The van der Waals surface area contributed by atoms with Crippen molar-refractivity contribution in [3.63, 3.8) is 0 Å². The molecule has 0 saturated heterocycles. The molecule has 138 valence electrons. The van der Waals surface area contributed by atoms with Crippen LogP contribution < -0.4 is 9.47 Å². The summed E-state index contributed by atoms with van der Waals surface area (Å²) >= 11 is 0. The summed E-state index contributed by atoms with van der Waals surface area (Å²) in [5.74, 6) is 0.233. The normalized spacial score (nSPS) is 13.9. The van der Waals surface area contributed by atoms with E-state index in [1.54, 1.807) is 55.6 Å². The maximum Gasteiger partial charge on any atom is 0.343 e. The van der Waals surface area contributed by atoms with Crippen molar-refractivity contribution in [1.29, 1.82) is 0 Å². The molecule has 2 heterocycles. The van der Waals surface area contributed by atoms with E-state index in [0.717, 1.165) is 5.56 Å². The van der Waals surface area contributed by atoms with Gasteiger partial charge >= 0.3 is 5.97 Å². The number of carbonyl (C=O) groups is 2. The van der Waals surface area contributed by atoms with Crippen LogP contribution >= 0.6 is 0 Å². The van der Waals surface area contributed by atoms with Crippen molar-refractivity contribution >= 4 is 17.8 Å². The second-order valence-electron chi connectivity index (χ2n) is 6.51. The minimum absolute atomic E-state index is 0.194. The van der Waals surface area contributed by atoms with Gasteiger partial charge in [0.1, 0.15) is 11.5 Å². The zero-order valence-corrected chi connectivity index (χ0v) is 15.4. The highest BCUT2D eigenvalue weighted by Crippen LogP contribution is 2.37. The minimum Gasteiger partial charge on any atom is -0.452 e. The molecule has 0 bridgehead atoms. The second kappa shape index (κ2) is 7.12. The SMILES string of the molecule is Cc1ccccc1C(=O)Oc1cc(C)c2c(c1)O/C(=C\c1ccccn1)C2=O. The lowest BCUT2D eigenvalue weighted by atomic mass is 10.0. The van der Waals surface area contributed by atoms with Gasteiger partial charge in [-0.1, -0.05) is 24.3 Å². The van der Waals surface area contributed by atoms with Crippen LogP contribution in [0, 0.1) is 13.8 Å². The van der Waals surface area contributed by atoms with Crippen molar-refractivity contribution in [2.75, 3.05) is 0 Å². The minimum atomic E-state index is -0.453. The molecule has 0 amide bonds. The van der Waals surface area contributed by atoms with E-state index in [0.29, 0.717) is 33.9 Å². The van der Waals surface area contributed by atoms with E-state index in [1.807, 2.05) is 25.1 Å². The molecular formula is C23H17NO4. The zero-order valence-electron chi connectivity index (χ0n) is 15.4. The van der Waals surface area contributed by atoms with Crippen LogP contribution in [-0.2, 0) is 0 Å². The average molecular weight is 371 g/mol. The molecule has 0 aliphatic carbocycles. The largest absolute Gasteiger partial charge is 0.452 e. The number of Topliss-reactive ketones (excluding diaryl/α,β-unsaturated/α-hetero) is 1. The van der Waals surface area contributed by atoms with Crippen molar-refractivity contribution in [1.82, 2.24) is 4.98 Å². The summed E-state index contributed by atoms with van der Waals surface area (Å²) in [7, 11) is 0. The Bertz CT molecular complexity index is 1120. The topological polar surface area (TPSA) is 65.5 Å². The van der Waals surface area contributed by atoms with Crippen LogP contribution in [0.4, 0.5) is 0 Å². The first-order valence-electron chi connectivity index (χ1n) is 8.80. The summed E-state index contributed by atoms with van der Waals surface area (Å²) in [5.41, 5.74) is 3.10. The van der Waals surface area contributed by atoms with Crippen LogP contribution in [0.3, 0.4) is 0 Å². The monoisotopic (exact) mass is 371 g/mol. The van der Waals surface area contributed by atoms with E-state index in [2.05, 4.69) is 4.98 Å². The number of pyridine rings is 1. The van der Waals surface area contributed by atoms with Crippen molar-refractivity contribution in [3.05, 3.63) is 94.5 Å². The maximum absolute atomic E-state index is 12.7. The van der Waals surface area contributed by atoms with Gasteiger partial charge in [-0.25, -0.2) is 4.79 Å². The summed E-state index contributed by atoms with van der Waals surface area (Å²) in [5, 5.41) is 0. The second-order valence-corrected chi connectivity index (χ2v) is 6.51. The molecule has 0 spiro atoms. The Morgan fingerprint density at radius 3 is 2.57 bits per heavy atom. The molecule has 0 atom stereocenters. The fourth-order valence-electron chi connectivity index (χ4n) is 3.10. The van der Waals surface area contributed by atoms with Gasteiger partial charge in [0.15, 0.2) is 5.76 Å². The van der Waals surface area contributed by atoms with Gasteiger partial charge in [0, 0.05) is 18.3 Å². The Balaban J connectivity index is 1.63. The Morgan fingerprint density at radius 1 is 1.04 bits per heavy atom. The Morgan fingerprint density at radius 2 is 1.82 bits per heavy atom. The summed E-state index contributed by atoms with van der Waals surface area (Å²) in [6, 6.07) is 15.9. The molecule has 0 fully saturated rings. The van der Waals surface area contributed by atoms with Crippen LogP contribution in [0.2, 0.25) is 0 Å². The maximum atomic E-state index is 12.7. The number of ketones is 1. The van der Waals surface area contributed by atoms with Crippen LogP contribution in [0.25, 0.3) is 6.08 Å². The molecule has 0 radical (unpaired) electrons. The van der Waals surface area contributed by atoms with Crippen molar-refractivity contribution in [3.8, 4) is 11.5 Å². The van der Waals surface area contributed by atoms with E-state index < -0.39 is 5.97 Å². The number of benzene rings is 2. The average Bonchev–Trinajstić information content (AvgIpc) is 2.98. The van der Waals surface area contributed by atoms with Gasteiger partial charge in [-0.05, 0) is 49.2 Å². The van der Waals surface area contributed by atoms with E-state index in [-0.39, 0.29) is 11.5 Å². The quantitative estimate of drug-likeness (QED) is 0.384.